The molecule has 1 heterocycles. The molecule has 0 bridgehead atoms. The zero-order valence-electron chi connectivity index (χ0n) is 15.8. The summed E-state index contributed by atoms with van der Waals surface area (Å²) in [4.78, 5) is 50.0. The van der Waals surface area contributed by atoms with E-state index in [1.807, 2.05) is 0 Å². The van der Waals surface area contributed by atoms with Gasteiger partial charge in [-0.1, -0.05) is 12.1 Å². The van der Waals surface area contributed by atoms with Gasteiger partial charge in [0.15, 0.2) is 6.61 Å². The van der Waals surface area contributed by atoms with E-state index in [0.717, 1.165) is 0 Å². The van der Waals surface area contributed by atoms with Gasteiger partial charge in [0.1, 0.15) is 5.69 Å². The molecule has 0 saturated carbocycles. The van der Waals surface area contributed by atoms with Gasteiger partial charge in [-0.05, 0) is 24.3 Å². The number of aryl methyl sites for hydroxylation is 1. The van der Waals surface area contributed by atoms with Gasteiger partial charge in [0.05, 0.1) is 11.3 Å². The Morgan fingerprint density at radius 3 is 2.46 bits per heavy atom. The van der Waals surface area contributed by atoms with Crippen LogP contribution < -0.4 is 5.32 Å². The molecule has 148 valence electrons. The van der Waals surface area contributed by atoms with Crippen molar-refractivity contribution < 1.29 is 23.9 Å². The zero-order chi connectivity index (χ0) is 20.7. The van der Waals surface area contributed by atoms with Crippen LogP contribution in [0.2, 0.25) is 0 Å². The number of hydrogen-bond acceptors (Lipinski definition) is 6. The average molecular weight is 403 g/mol. The monoisotopic (exact) mass is 403 g/mol. The highest BCUT2D eigenvalue weighted by Crippen LogP contribution is 2.23. The predicted molar refractivity (Wildman–Crippen MR) is 104 cm³/mol. The number of aromatic nitrogens is 1. The third-order valence-electron chi connectivity index (χ3n) is 3.72. The van der Waals surface area contributed by atoms with Gasteiger partial charge >= 0.3 is 5.97 Å². The molecule has 0 aliphatic heterocycles. The van der Waals surface area contributed by atoms with E-state index >= 15 is 0 Å². The van der Waals surface area contributed by atoms with Crippen molar-refractivity contribution in [2.45, 2.75) is 4.90 Å². The van der Waals surface area contributed by atoms with Crippen molar-refractivity contribution >= 4 is 35.5 Å². The Morgan fingerprint density at radius 1 is 1.11 bits per heavy atom. The number of hydrogen-bond donors (Lipinski definition) is 1. The number of nitrogens with zero attached hydrogens (tertiary/aromatic N) is 2. The van der Waals surface area contributed by atoms with Crippen LogP contribution in [-0.4, -0.2) is 59.6 Å². The van der Waals surface area contributed by atoms with E-state index < -0.39 is 24.4 Å². The Hall–Kier alpha value is -3.07. The molecular weight excluding hydrogens is 382 g/mol. The van der Waals surface area contributed by atoms with Crippen molar-refractivity contribution in [3.63, 3.8) is 0 Å². The highest BCUT2D eigenvalue weighted by molar-refractivity contribution is 8.00. The van der Waals surface area contributed by atoms with Crippen LogP contribution in [0.5, 0.6) is 0 Å². The van der Waals surface area contributed by atoms with Gasteiger partial charge in [-0.15, -0.1) is 11.8 Å². The smallest absolute Gasteiger partial charge is 0.339 e. The lowest BCUT2D eigenvalue weighted by Crippen LogP contribution is -2.35. The normalized spacial score (nSPS) is 10.2. The molecule has 0 aliphatic carbocycles. The summed E-state index contributed by atoms with van der Waals surface area (Å²) in [5.41, 5.74) is 0.563. The fraction of sp³-hybridized carbons (Fsp3) is 0.263. The topological polar surface area (TPSA) is 97.7 Å². The van der Waals surface area contributed by atoms with Gasteiger partial charge < -0.3 is 14.2 Å². The van der Waals surface area contributed by atoms with Crippen LogP contribution in [0.4, 0.5) is 0 Å². The van der Waals surface area contributed by atoms with E-state index in [4.69, 9.17) is 4.74 Å². The lowest BCUT2D eigenvalue weighted by atomic mass is 10.2. The first kappa shape index (κ1) is 21.2. The summed E-state index contributed by atoms with van der Waals surface area (Å²) in [5.74, 6) is -1.93. The maximum atomic E-state index is 12.3. The van der Waals surface area contributed by atoms with E-state index in [9.17, 15) is 19.2 Å². The lowest BCUT2D eigenvalue weighted by molar-refractivity contribution is -0.126. The number of ether oxygens (including phenoxy) is 1. The van der Waals surface area contributed by atoms with Crippen molar-refractivity contribution in [1.82, 2.24) is 14.8 Å². The second-order valence-electron chi connectivity index (χ2n) is 6.03. The van der Waals surface area contributed by atoms with Crippen LogP contribution in [0.1, 0.15) is 20.8 Å². The first-order valence-corrected chi connectivity index (χ1v) is 9.32. The Balaban J connectivity index is 1.92. The Morgan fingerprint density at radius 2 is 1.82 bits per heavy atom. The summed E-state index contributed by atoms with van der Waals surface area (Å²) in [6, 6.07) is 9.89. The minimum Gasteiger partial charge on any atom is -0.452 e. The van der Waals surface area contributed by atoms with Gasteiger partial charge in [0.2, 0.25) is 5.91 Å². The fourth-order valence-corrected chi connectivity index (χ4v) is 3.18. The fourth-order valence-electron chi connectivity index (χ4n) is 2.16. The SMILES string of the molecule is CN(C)C(=O)CSc1ccccc1C(=O)OCC(=O)NC(=O)c1cccn1C. The van der Waals surface area contributed by atoms with Gasteiger partial charge in [0.25, 0.3) is 11.8 Å². The van der Waals surface area contributed by atoms with Crippen molar-refractivity contribution in [2.75, 3.05) is 26.5 Å². The summed E-state index contributed by atoms with van der Waals surface area (Å²) in [6.45, 7) is -0.593. The molecule has 8 nitrogen and oxygen atoms in total. The van der Waals surface area contributed by atoms with Crippen molar-refractivity contribution in [3.05, 3.63) is 53.9 Å². The molecule has 0 unspecified atom stereocenters. The maximum absolute atomic E-state index is 12.3. The number of thioether (sulfide) groups is 1. The Labute approximate surface area is 166 Å². The van der Waals surface area contributed by atoms with E-state index in [1.54, 1.807) is 68.3 Å². The van der Waals surface area contributed by atoms with E-state index in [1.165, 1.54) is 16.7 Å². The van der Waals surface area contributed by atoms with Crippen LogP contribution in [-0.2, 0) is 21.4 Å². The maximum Gasteiger partial charge on any atom is 0.339 e. The first-order chi connectivity index (χ1) is 13.3. The quantitative estimate of drug-likeness (QED) is 0.553. The van der Waals surface area contributed by atoms with Crippen LogP contribution in [0, 0.1) is 0 Å². The predicted octanol–water partition coefficient (Wildman–Crippen LogP) is 1.32. The molecule has 0 saturated heterocycles. The summed E-state index contributed by atoms with van der Waals surface area (Å²) >= 11 is 1.21. The van der Waals surface area contributed by atoms with Gasteiger partial charge in [-0.25, -0.2) is 4.79 Å². The molecule has 0 atom stereocenters. The second-order valence-corrected chi connectivity index (χ2v) is 7.05. The molecule has 28 heavy (non-hydrogen) atoms. The highest BCUT2D eigenvalue weighted by Gasteiger charge is 2.18. The molecule has 3 amide bonds. The number of rotatable bonds is 7. The average Bonchev–Trinajstić information content (AvgIpc) is 3.10. The zero-order valence-corrected chi connectivity index (χ0v) is 16.6. The number of carbonyl (C=O) groups excluding carboxylic acids is 4. The number of benzene rings is 1. The lowest BCUT2D eigenvalue weighted by Gasteiger charge is -2.12. The molecule has 2 aromatic rings. The molecule has 0 radical (unpaired) electrons. The van der Waals surface area contributed by atoms with Gasteiger partial charge in [0, 0.05) is 32.2 Å². The second kappa shape index (κ2) is 9.75. The number of imide groups is 1. The number of nitrogens with one attached hydrogen (secondary N) is 1. The van der Waals surface area contributed by atoms with E-state index in [0.29, 0.717) is 10.6 Å². The van der Waals surface area contributed by atoms with Crippen LogP contribution >= 0.6 is 11.8 Å². The molecule has 0 fully saturated rings. The third kappa shape index (κ3) is 5.71. The largest absolute Gasteiger partial charge is 0.452 e. The first-order valence-electron chi connectivity index (χ1n) is 8.34. The van der Waals surface area contributed by atoms with Crippen molar-refractivity contribution in [3.8, 4) is 0 Å². The minimum absolute atomic E-state index is 0.0910. The molecule has 2 rings (SSSR count). The van der Waals surface area contributed by atoms with Crippen molar-refractivity contribution in [1.29, 1.82) is 0 Å². The molecule has 0 spiro atoms. The molecular formula is C19H21N3O5S. The summed E-state index contributed by atoms with van der Waals surface area (Å²) < 4.78 is 6.58. The van der Waals surface area contributed by atoms with E-state index in [2.05, 4.69) is 5.32 Å². The summed E-state index contributed by atoms with van der Waals surface area (Å²) in [5, 5.41) is 2.17. The standard InChI is InChI=1S/C19H21N3O5S/c1-21(2)17(24)12-28-15-9-5-4-7-13(15)19(26)27-11-16(23)20-18(25)14-8-6-10-22(14)3/h4-10H,11-12H2,1-3H3,(H,20,23,25). The summed E-state index contributed by atoms with van der Waals surface area (Å²) in [6.07, 6.45) is 1.68. The molecule has 1 aromatic heterocycles. The third-order valence-corrected chi connectivity index (χ3v) is 4.78. The molecule has 9 heteroatoms. The minimum atomic E-state index is -0.729. The van der Waals surface area contributed by atoms with Crippen LogP contribution in [0.3, 0.4) is 0 Å². The van der Waals surface area contributed by atoms with Gasteiger partial charge in [-0.2, -0.15) is 0 Å². The molecule has 1 N–H and O–H groups in total. The highest BCUT2D eigenvalue weighted by atomic mass is 32.2. The Bertz CT molecular complexity index is 891. The molecule has 1 aromatic carbocycles. The summed E-state index contributed by atoms with van der Waals surface area (Å²) in [7, 11) is 4.98. The van der Waals surface area contributed by atoms with Gasteiger partial charge in [-0.3, -0.25) is 19.7 Å². The van der Waals surface area contributed by atoms with Crippen LogP contribution in [0.25, 0.3) is 0 Å². The van der Waals surface area contributed by atoms with Crippen molar-refractivity contribution in [2.24, 2.45) is 7.05 Å². The number of amides is 3. The van der Waals surface area contributed by atoms with Crippen LogP contribution in [0.15, 0.2) is 47.5 Å². The number of esters is 1. The molecule has 0 aliphatic rings. The Kier molecular flexibility index (Phi) is 7.39. The number of carbonyl (C=O) groups is 4. The van der Waals surface area contributed by atoms with E-state index in [-0.39, 0.29) is 17.2 Å².